The minimum absolute atomic E-state index is 0.317. The number of nitrogens with zero attached hydrogens (tertiary/aromatic N) is 2. The summed E-state index contributed by atoms with van der Waals surface area (Å²) in [6.45, 7) is 4.20. The lowest BCUT2D eigenvalue weighted by Gasteiger charge is -2.37. The summed E-state index contributed by atoms with van der Waals surface area (Å²) in [7, 11) is 0. The summed E-state index contributed by atoms with van der Waals surface area (Å²) in [5, 5.41) is 14.5. The Kier molecular flexibility index (Phi) is 3.82. The van der Waals surface area contributed by atoms with Crippen LogP contribution in [0.5, 0.6) is 0 Å². The van der Waals surface area contributed by atoms with Crippen molar-refractivity contribution in [2.75, 3.05) is 0 Å². The van der Waals surface area contributed by atoms with Crippen molar-refractivity contribution >= 4 is 0 Å². The second kappa shape index (κ2) is 5.17. The number of aliphatic hydroxyl groups is 1. The van der Waals surface area contributed by atoms with Crippen LogP contribution >= 0.6 is 0 Å². The predicted molar refractivity (Wildman–Crippen MR) is 64.6 cm³/mol. The molecule has 0 radical (unpaired) electrons. The molecule has 0 bridgehead atoms. The van der Waals surface area contributed by atoms with Gasteiger partial charge in [0.05, 0.1) is 12.0 Å². The van der Waals surface area contributed by atoms with Crippen LogP contribution in [0.2, 0.25) is 0 Å². The Labute approximate surface area is 102 Å². The Morgan fingerprint density at radius 1 is 1.47 bits per heavy atom. The maximum atomic E-state index is 10.6. The van der Waals surface area contributed by atoms with Crippen LogP contribution in [0.1, 0.15) is 57.7 Å². The van der Waals surface area contributed by atoms with Crippen LogP contribution in [0, 0.1) is 5.92 Å². The monoisotopic (exact) mass is 238 g/mol. The van der Waals surface area contributed by atoms with Crippen LogP contribution in [0.15, 0.2) is 4.52 Å². The molecule has 2 rings (SSSR count). The van der Waals surface area contributed by atoms with E-state index in [-0.39, 0.29) is 0 Å². The van der Waals surface area contributed by atoms with Gasteiger partial charge in [0, 0.05) is 6.42 Å². The summed E-state index contributed by atoms with van der Waals surface area (Å²) in [6, 6.07) is 0. The van der Waals surface area contributed by atoms with E-state index in [0.717, 1.165) is 37.9 Å². The van der Waals surface area contributed by atoms with Crippen molar-refractivity contribution < 1.29 is 9.63 Å². The van der Waals surface area contributed by atoms with Gasteiger partial charge in [-0.3, -0.25) is 0 Å². The third-order valence-electron chi connectivity index (χ3n) is 3.86. The second-order valence-electron chi connectivity index (χ2n) is 5.28. The first kappa shape index (κ1) is 12.6. The number of aromatic nitrogens is 2. The van der Waals surface area contributed by atoms with Crippen molar-refractivity contribution in [2.45, 2.75) is 64.4 Å². The van der Waals surface area contributed by atoms with E-state index in [9.17, 15) is 5.11 Å². The Morgan fingerprint density at radius 2 is 2.29 bits per heavy atom. The van der Waals surface area contributed by atoms with Gasteiger partial charge >= 0.3 is 0 Å². The fraction of sp³-hybridized carbons (Fsp3) is 0.846. The molecule has 0 amide bonds. The van der Waals surface area contributed by atoms with E-state index >= 15 is 0 Å². The molecule has 1 saturated carbocycles. The van der Waals surface area contributed by atoms with Gasteiger partial charge in [-0.25, -0.2) is 0 Å². The van der Waals surface area contributed by atoms with Crippen LogP contribution in [0.4, 0.5) is 0 Å². The van der Waals surface area contributed by atoms with Crippen molar-refractivity contribution in [2.24, 2.45) is 5.92 Å². The molecule has 1 N–H and O–H groups in total. The average molecular weight is 238 g/mol. The molecule has 1 aliphatic carbocycles. The minimum Gasteiger partial charge on any atom is -0.389 e. The summed E-state index contributed by atoms with van der Waals surface area (Å²) in [6.07, 6.45) is 6.61. The van der Waals surface area contributed by atoms with Gasteiger partial charge in [-0.15, -0.1) is 0 Å². The lowest BCUT2D eigenvalue weighted by molar-refractivity contribution is -0.0456. The predicted octanol–water partition coefficient (Wildman–Crippen LogP) is 2.51. The van der Waals surface area contributed by atoms with E-state index in [2.05, 4.69) is 24.0 Å². The molecule has 2 atom stereocenters. The highest BCUT2D eigenvalue weighted by Crippen LogP contribution is 2.35. The quantitative estimate of drug-likeness (QED) is 0.875. The fourth-order valence-electron chi connectivity index (χ4n) is 2.61. The Hall–Kier alpha value is -0.900. The van der Waals surface area contributed by atoms with Gasteiger partial charge < -0.3 is 9.63 Å². The third-order valence-corrected chi connectivity index (χ3v) is 3.86. The van der Waals surface area contributed by atoms with Gasteiger partial charge in [0.2, 0.25) is 5.89 Å². The van der Waals surface area contributed by atoms with Crippen molar-refractivity contribution in [3.63, 3.8) is 0 Å². The summed E-state index contributed by atoms with van der Waals surface area (Å²) >= 11 is 0. The van der Waals surface area contributed by atoms with E-state index in [0.29, 0.717) is 18.2 Å². The zero-order valence-corrected chi connectivity index (χ0v) is 10.8. The lowest BCUT2D eigenvalue weighted by atomic mass is 9.74. The number of aryl methyl sites for hydroxylation is 1. The van der Waals surface area contributed by atoms with E-state index in [1.165, 1.54) is 6.42 Å². The summed E-state index contributed by atoms with van der Waals surface area (Å²) < 4.78 is 5.21. The number of hydrogen-bond acceptors (Lipinski definition) is 4. The Morgan fingerprint density at radius 3 is 3.00 bits per heavy atom. The molecule has 4 nitrogen and oxygen atoms in total. The zero-order valence-electron chi connectivity index (χ0n) is 10.8. The SMILES string of the molecule is CCCc1noc(C[C@@]2(O)CCCC[C@H]2C)n1. The molecular weight excluding hydrogens is 216 g/mol. The molecule has 1 aromatic heterocycles. The zero-order chi connectivity index (χ0) is 12.3. The highest BCUT2D eigenvalue weighted by atomic mass is 16.5. The van der Waals surface area contributed by atoms with Crippen LogP contribution in [-0.4, -0.2) is 20.8 Å². The lowest BCUT2D eigenvalue weighted by Crippen LogP contribution is -2.41. The van der Waals surface area contributed by atoms with Gasteiger partial charge in [-0.1, -0.05) is 31.8 Å². The molecule has 96 valence electrons. The smallest absolute Gasteiger partial charge is 0.229 e. The first-order valence-electron chi connectivity index (χ1n) is 6.68. The van der Waals surface area contributed by atoms with E-state index in [1.807, 2.05) is 0 Å². The molecule has 0 saturated heterocycles. The highest BCUT2D eigenvalue weighted by molar-refractivity contribution is 4.97. The van der Waals surface area contributed by atoms with Gasteiger partial charge in [-0.05, 0) is 25.2 Å². The van der Waals surface area contributed by atoms with Crippen molar-refractivity contribution in [1.29, 1.82) is 0 Å². The maximum Gasteiger partial charge on any atom is 0.229 e. The van der Waals surface area contributed by atoms with Gasteiger partial charge in [-0.2, -0.15) is 4.98 Å². The second-order valence-corrected chi connectivity index (χ2v) is 5.28. The van der Waals surface area contributed by atoms with Crippen molar-refractivity contribution in [1.82, 2.24) is 10.1 Å². The molecule has 1 heterocycles. The molecule has 0 spiro atoms. The van der Waals surface area contributed by atoms with Gasteiger partial charge in [0.1, 0.15) is 0 Å². The van der Waals surface area contributed by atoms with Crippen LogP contribution in [0.25, 0.3) is 0 Å². The third kappa shape index (κ3) is 2.86. The van der Waals surface area contributed by atoms with Crippen LogP contribution < -0.4 is 0 Å². The normalized spacial score (nSPS) is 29.5. The topological polar surface area (TPSA) is 59.2 Å². The van der Waals surface area contributed by atoms with E-state index in [1.54, 1.807) is 0 Å². The Balaban J connectivity index is 2.02. The molecule has 1 aliphatic rings. The van der Waals surface area contributed by atoms with Crippen LogP contribution in [0.3, 0.4) is 0 Å². The van der Waals surface area contributed by atoms with Crippen LogP contribution in [-0.2, 0) is 12.8 Å². The molecular formula is C13H22N2O2. The molecule has 4 heteroatoms. The van der Waals surface area contributed by atoms with Gasteiger partial charge in [0.25, 0.3) is 0 Å². The minimum atomic E-state index is -0.645. The molecule has 0 unspecified atom stereocenters. The average Bonchev–Trinajstić information content (AvgIpc) is 2.71. The largest absolute Gasteiger partial charge is 0.389 e. The fourth-order valence-corrected chi connectivity index (χ4v) is 2.61. The summed E-state index contributed by atoms with van der Waals surface area (Å²) in [5.41, 5.74) is -0.645. The molecule has 1 aromatic rings. The summed E-state index contributed by atoms with van der Waals surface area (Å²) in [5.74, 6) is 1.66. The first-order chi connectivity index (χ1) is 8.14. The molecule has 17 heavy (non-hydrogen) atoms. The molecule has 0 aromatic carbocycles. The first-order valence-corrected chi connectivity index (χ1v) is 6.68. The van der Waals surface area contributed by atoms with E-state index < -0.39 is 5.60 Å². The van der Waals surface area contributed by atoms with Crippen molar-refractivity contribution in [3.05, 3.63) is 11.7 Å². The highest BCUT2D eigenvalue weighted by Gasteiger charge is 2.37. The Bertz CT molecular complexity index is 364. The summed E-state index contributed by atoms with van der Waals surface area (Å²) in [4.78, 5) is 4.34. The molecule has 0 aliphatic heterocycles. The maximum absolute atomic E-state index is 10.6. The molecule has 1 fully saturated rings. The van der Waals surface area contributed by atoms with Crippen molar-refractivity contribution in [3.8, 4) is 0 Å². The van der Waals surface area contributed by atoms with Gasteiger partial charge in [0.15, 0.2) is 5.82 Å². The number of rotatable bonds is 4. The standard InChI is InChI=1S/C13H22N2O2/c1-3-6-11-14-12(17-15-11)9-13(16)8-5-4-7-10(13)2/h10,16H,3-9H2,1-2H3/t10-,13+/m1/s1. The number of hydrogen-bond donors (Lipinski definition) is 1. The van der Waals surface area contributed by atoms with E-state index in [4.69, 9.17) is 4.52 Å².